The lowest BCUT2D eigenvalue weighted by molar-refractivity contribution is 0.0338. The molecule has 0 amide bonds. The van der Waals surface area contributed by atoms with E-state index in [4.69, 9.17) is 4.74 Å². The predicted molar refractivity (Wildman–Crippen MR) is 93.1 cm³/mol. The summed E-state index contributed by atoms with van der Waals surface area (Å²) < 4.78 is 5.84. The van der Waals surface area contributed by atoms with Gasteiger partial charge in [-0.3, -0.25) is 4.79 Å². The summed E-state index contributed by atoms with van der Waals surface area (Å²) >= 11 is 0. The van der Waals surface area contributed by atoms with Crippen LogP contribution in [0.25, 0.3) is 0 Å². The van der Waals surface area contributed by atoms with Crippen molar-refractivity contribution >= 4 is 5.78 Å². The first-order valence-electron chi connectivity index (χ1n) is 8.89. The number of piperidine rings is 2. The molecule has 2 aliphatic heterocycles. The zero-order valence-electron chi connectivity index (χ0n) is 14.8. The van der Waals surface area contributed by atoms with E-state index in [0.29, 0.717) is 17.9 Å². The molecule has 0 aliphatic carbocycles. The molecule has 0 N–H and O–H groups in total. The average molecular weight is 315 g/mol. The van der Waals surface area contributed by atoms with E-state index in [-0.39, 0.29) is 11.5 Å². The number of rotatable bonds is 3. The summed E-state index contributed by atoms with van der Waals surface area (Å²) in [7, 11) is 2.23. The third-order valence-electron chi connectivity index (χ3n) is 5.27. The molecule has 2 unspecified atom stereocenters. The van der Waals surface area contributed by atoms with Crippen molar-refractivity contribution in [1.29, 1.82) is 0 Å². The molecule has 0 aromatic heterocycles. The van der Waals surface area contributed by atoms with Crippen LogP contribution in [-0.2, 0) is 0 Å². The van der Waals surface area contributed by atoms with Crippen molar-refractivity contribution in [3.63, 3.8) is 0 Å². The summed E-state index contributed by atoms with van der Waals surface area (Å²) in [5, 5.41) is 0. The molecule has 2 atom stereocenters. The minimum Gasteiger partial charge on any atom is -0.488 e. The van der Waals surface area contributed by atoms with Crippen LogP contribution >= 0.6 is 0 Å². The molecule has 1 aromatic rings. The zero-order valence-corrected chi connectivity index (χ0v) is 14.8. The minimum atomic E-state index is -0.211. The molecule has 126 valence electrons. The van der Waals surface area contributed by atoms with Crippen LogP contribution in [0.15, 0.2) is 24.3 Å². The van der Waals surface area contributed by atoms with Crippen LogP contribution in [0.5, 0.6) is 5.75 Å². The molecule has 3 nitrogen and oxygen atoms in total. The largest absolute Gasteiger partial charge is 0.488 e. The van der Waals surface area contributed by atoms with Gasteiger partial charge in [0.05, 0.1) is 0 Å². The maximum Gasteiger partial charge on any atom is 0.166 e. The van der Waals surface area contributed by atoms with Crippen molar-refractivity contribution < 1.29 is 9.53 Å². The van der Waals surface area contributed by atoms with Crippen LogP contribution in [0.2, 0.25) is 0 Å². The molecule has 2 aliphatic rings. The highest BCUT2D eigenvalue weighted by molar-refractivity contribution is 5.98. The molecule has 0 radical (unpaired) electrons. The third-order valence-corrected chi connectivity index (χ3v) is 5.27. The van der Waals surface area contributed by atoms with Gasteiger partial charge in [0.1, 0.15) is 11.4 Å². The maximum atomic E-state index is 12.9. The second kappa shape index (κ2) is 6.27. The topological polar surface area (TPSA) is 29.5 Å². The Morgan fingerprint density at radius 2 is 1.65 bits per heavy atom. The summed E-state index contributed by atoms with van der Waals surface area (Å²) in [5.74, 6) is 1.34. The minimum absolute atomic E-state index is 0.191. The highest BCUT2D eigenvalue weighted by atomic mass is 16.5. The van der Waals surface area contributed by atoms with Crippen molar-refractivity contribution in [2.75, 3.05) is 7.05 Å². The first-order chi connectivity index (χ1) is 10.8. The number of fused-ring (bicyclic) bond motifs is 2. The van der Waals surface area contributed by atoms with E-state index >= 15 is 0 Å². The van der Waals surface area contributed by atoms with Gasteiger partial charge in [-0.15, -0.1) is 0 Å². The normalized spacial score (nSPS) is 28.4. The van der Waals surface area contributed by atoms with Gasteiger partial charge in [0.25, 0.3) is 0 Å². The average Bonchev–Trinajstić information content (AvgIpc) is 2.45. The fourth-order valence-corrected chi connectivity index (χ4v) is 4.11. The monoisotopic (exact) mass is 315 g/mol. The zero-order chi connectivity index (χ0) is 16.6. The quantitative estimate of drug-likeness (QED) is 0.778. The molecule has 2 fully saturated rings. The number of Topliss-reactive ketones (excluding diaryl/α,β-unsaturated/α-hetero) is 1. The molecule has 2 heterocycles. The lowest BCUT2D eigenvalue weighted by Gasteiger charge is -2.46. The SMILES string of the molecule is CN1C2CCCC1CC(C(=O)c1ccc(OC(C)(C)C)cc1)C2. The van der Waals surface area contributed by atoms with Gasteiger partial charge in [0.2, 0.25) is 0 Å². The van der Waals surface area contributed by atoms with Gasteiger partial charge >= 0.3 is 0 Å². The second-order valence-electron chi connectivity index (χ2n) is 8.18. The summed E-state index contributed by atoms with van der Waals surface area (Å²) in [4.78, 5) is 15.4. The highest BCUT2D eigenvalue weighted by Gasteiger charge is 2.38. The van der Waals surface area contributed by atoms with Gasteiger partial charge in [0, 0.05) is 23.6 Å². The van der Waals surface area contributed by atoms with Crippen molar-refractivity contribution in [3.8, 4) is 5.75 Å². The smallest absolute Gasteiger partial charge is 0.166 e. The van der Waals surface area contributed by atoms with E-state index in [1.807, 2.05) is 45.0 Å². The van der Waals surface area contributed by atoms with Gasteiger partial charge in [-0.05, 0) is 77.8 Å². The Bertz CT molecular complexity index is 544. The van der Waals surface area contributed by atoms with Crippen LogP contribution in [-0.4, -0.2) is 35.4 Å². The van der Waals surface area contributed by atoms with E-state index in [2.05, 4.69) is 11.9 Å². The van der Waals surface area contributed by atoms with Crippen molar-refractivity contribution in [3.05, 3.63) is 29.8 Å². The maximum absolute atomic E-state index is 12.9. The molecule has 3 rings (SSSR count). The van der Waals surface area contributed by atoms with Crippen LogP contribution in [0, 0.1) is 5.92 Å². The molecular formula is C20H29NO2. The van der Waals surface area contributed by atoms with E-state index in [0.717, 1.165) is 24.2 Å². The van der Waals surface area contributed by atoms with Gasteiger partial charge in [0.15, 0.2) is 5.78 Å². The van der Waals surface area contributed by atoms with Gasteiger partial charge in [-0.25, -0.2) is 0 Å². The number of ether oxygens (including phenoxy) is 1. The van der Waals surface area contributed by atoms with Crippen LogP contribution in [0.4, 0.5) is 0 Å². The third kappa shape index (κ3) is 3.77. The number of hydrogen-bond donors (Lipinski definition) is 0. The summed E-state index contributed by atoms with van der Waals surface area (Å²) in [6, 6.07) is 8.90. The lowest BCUT2D eigenvalue weighted by Crippen LogP contribution is -2.51. The molecule has 1 aromatic carbocycles. The van der Waals surface area contributed by atoms with Crippen LogP contribution in [0.1, 0.15) is 63.2 Å². The number of nitrogens with zero attached hydrogens (tertiary/aromatic N) is 1. The Hall–Kier alpha value is -1.35. The molecular weight excluding hydrogens is 286 g/mol. The fourth-order valence-electron chi connectivity index (χ4n) is 4.11. The second-order valence-corrected chi connectivity index (χ2v) is 8.18. The van der Waals surface area contributed by atoms with E-state index in [9.17, 15) is 4.79 Å². The lowest BCUT2D eigenvalue weighted by atomic mass is 9.76. The standard InChI is InChI=1S/C20H29NO2/c1-20(2,3)23-18-10-8-14(9-11-18)19(22)15-12-16-6-5-7-17(13-15)21(16)4/h8-11,15-17H,5-7,12-13H2,1-4H3. The first-order valence-corrected chi connectivity index (χ1v) is 8.89. The van der Waals surface area contributed by atoms with E-state index < -0.39 is 0 Å². The van der Waals surface area contributed by atoms with Crippen LogP contribution < -0.4 is 4.74 Å². The molecule has 2 bridgehead atoms. The number of carbonyl (C=O) groups is 1. The van der Waals surface area contributed by atoms with Crippen molar-refractivity contribution in [1.82, 2.24) is 4.90 Å². The highest BCUT2D eigenvalue weighted by Crippen LogP contribution is 2.37. The van der Waals surface area contributed by atoms with Crippen molar-refractivity contribution in [2.24, 2.45) is 5.92 Å². The number of benzene rings is 1. The summed E-state index contributed by atoms with van der Waals surface area (Å²) in [6.07, 6.45) is 5.85. The van der Waals surface area contributed by atoms with Gasteiger partial charge in [-0.1, -0.05) is 6.42 Å². The molecule has 2 saturated heterocycles. The fraction of sp³-hybridized carbons (Fsp3) is 0.650. The first kappa shape index (κ1) is 16.5. The summed E-state index contributed by atoms with van der Waals surface area (Å²) in [5.41, 5.74) is 0.621. The molecule has 0 saturated carbocycles. The summed E-state index contributed by atoms with van der Waals surface area (Å²) in [6.45, 7) is 6.09. The van der Waals surface area contributed by atoms with E-state index in [1.54, 1.807) is 0 Å². The number of ketones is 1. The van der Waals surface area contributed by atoms with E-state index in [1.165, 1.54) is 19.3 Å². The number of hydrogen-bond acceptors (Lipinski definition) is 3. The Labute approximate surface area is 140 Å². The Balaban J connectivity index is 1.68. The Morgan fingerprint density at radius 1 is 1.09 bits per heavy atom. The molecule has 0 spiro atoms. The van der Waals surface area contributed by atoms with Gasteiger partial charge in [-0.2, -0.15) is 0 Å². The number of carbonyl (C=O) groups excluding carboxylic acids is 1. The Morgan fingerprint density at radius 3 is 2.17 bits per heavy atom. The predicted octanol–water partition coefficient (Wildman–Crippen LogP) is 4.31. The van der Waals surface area contributed by atoms with Crippen molar-refractivity contribution in [2.45, 2.75) is 70.6 Å². The molecule has 23 heavy (non-hydrogen) atoms. The van der Waals surface area contributed by atoms with Crippen LogP contribution in [0.3, 0.4) is 0 Å². The molecule has 3 heteroatoms. The Kier molecular flexibility index (Phi) is 4.50. The van der Waals surface area contributed by atoms with Gasteiger partial charge < -0.3 is 9.64 Å².